The molecule has 1 saturated carbocycles. The van der Waals surface area contributed by atoms with E-state index >= 15 is 0 Å². The van der Waals surface area contributed by atoms with Gasteiger partial charge in [-0.1, -0.05) is 27.2 Å². The zero-order chi connectivity index (χ0) is 14.3. The van der Waals surface area contributed by atoms with Crippen molar-refractivity contribution in [3.63, 3.8) is 0 Å². The average Bonchev–Trinajstić information content (AvgIpc) is 2.36. The van der Waals surface area contributed by atoms with Gasteiger partial charge in [0.2, 0.25) is 0 Å². The van der Waals surface area contributed by atoms with E-state index in [0.717, 1.165) is 24.8 Å². The van der Waals surface area contributed by atoms with Crippen LogP contribution < -0.4 is 5.32 Å². The molecule has 0 amide bonds. The van der Waals surface area contributed by atoms with Gasteiger partial charge in [0.15, 0.2) is 0 Å². The lowest BCUT2D eigenvalue weighted by molar-refractivity contribution is 0.0112. The molecule has 1 aliphatic carbocycles. The lowest BCUT2D eigenvalue weighted by Gasteiger charge is -2.37. The fourth-order valence-electron chi connectivity index (χ4n) is 3.10. The first-order valence-electron chi connectivity index (χ1n) is 7.63. The van der Waals surface area contributed by atoms with E-state index < -0.39 is 13.0 Å². The number of halogens is 2. The van der Waals surface area contributed by atoms with Gasteiger partial charge in [0.1, 0.15) is 6.61 Å². The van der Waals surface area contributed by atoms with Gasteiger partial charge in [-0.3, -0.25) is 0 Å². The number of ether oxygens (including phenoxy) is 1. The summed E-state index contributed by atoms with van der Waals surface area (Å²) < 4.78 is 29.1. The Morgan fingerprint density at radius 3 is 2.53 bits per heavy atom. The van der Waals surface area contributed by atoms with Crippen molar-refractivity contribution in [1.82, 2.24) is 5.32 Å². The predicted octanol–water partition coefficient (Wildman–Crippen LogP) is 3.71. The zero-order valence-electron chi connectivity index (χ0n) is 12.5. The van der Waals surface area contributed by atoms with Gasteiger partial charge in [-0.25, -0.2) is 8.78 Å². The van der Waals surface area contributed by atoms with E-state index in [-0.39, 0.29) is 0 Å². The third kappa shape index (κ3) is 6.17. The second-order valence-electron chi connectivity index (χ2n) is 5.95. The van der Waals surface area contributed by atoms with Crippen LogP contribution in [0.2, 0.25) is 0 Å². The SMILES string of the molecule is CCNC(CCOCC(F)F)C1CCC(C)C(C)C1. The lowest BCUT2D eigenvalue weighted by atomic mass is 9.72. The molecule has 19 heavy (non-hydrogen) atoms. The Bertz CT molecular complexity index is 238. The molecule has 0 saturated heterocycles. The summed E-state index contributed by atoms with van der Waals surface area (Å²) in [6.07, 6.45) is 2.26. The van der Waals surface area contributed by atoms with Gasteiger partial charge < -0.3 is 10.1 Å². The molecule has 2 nitrogen and oxygen atoms in total. The Morgan fingerprint density at radius 2 is 1.95 bits per heavy atom. The molecule has 0 aromatic rings. The second-order valence-corrected chi connectivity index (χ2v) is 5.95. The smallest absolute Gasteiger partial charge is 0.261 e. The standard InChI is InChI=1S/C15H29F2NO/c1-4-18-14(7-8-19-10-15(16)17)13-6-5-11(2)12(3)9-13/h11-15,18H,4-10H2,1-3H3. The highest BCUT2D eigenvalue weighted by atomic mass is 19.3. The van der Waals surface area contributed by atoms with Crippen molar-refractivity contribution in [3.05, 3.63) is 0 Å². The summed E-state index contributed by atoms with van der Waals surface area (Å²) in [5.74, 6) is 2.25. The monoisotopic (exact) mass is 277 g/mol. The molecule has 1 rings (SSSR count). The normalized spacial score (nSPS) is 29.7. The van der Waals surface area contributed by atoms with Crippen molar-refractivity contribution in [2.45, 2.75) is 58.9 Å². The molecule has 4 heteroatoms. The fraction of sp³-hybridized carbons (Fsp3) is 1.00. The number of rotatable bonds is 8. The van der Waals surface area contributed by atoms with Crippen molar-refractivity contribution in [3.8, 4) is 0 Å². The van der Waals surface area contributed by atoms with Crippen molar-refractivity contribution < 1.29 is 13.5 Å². The summed E-state index contributed by atoms with van der Waals surface area (Å²) in [5, 5.41) is 3.51. The van der Waals surface area contributed by atoms with Crippen LogP contribution in [0.15, 0.2) is 0 Å². The first-order chi connectivity index (χ1) is 9.04. The van der Waals surface area contributed by atoms with E-state index in [1.165, 1.54) is 19.3 Å². The summed E-state index contributed by atoms with van der Waals surface area (Å²) >= 11 is 0. The Labute approximate surface area is 116 Å². The van der Waals surface area contributed by atoms with E-state index in [4.69, 9.17) is 4.74 Å². The van der Waals surface area contributed by atoms with Gasteiger partial charge in [-0.15, -0.1) is 0 Å². The van der Waals surface area contributed by atoms with Crippen LogP contribution in [0.3, 0.4) is 0 Å². The highest BCUT2D eigenvalue weighted by Crippen LogP contribution is 2.35. The van der Waals surface area contributed by atoms with Crippen LogP contribution in [0.1, 0.15) is 46.5 Å². The first kappa shape index (κ1) is 16.8. The van der Waals surface area contributed by atoms with Crippen LogP contribution in [-0.4, -0.2) is 32.2 Å². The number of alkyl halides is 2. The molecule has 0 heterocycles. The molecule has 0 aromatic carbocycles. The Kier molecular flexibility index (Phi) is 7.84. The Balaban J connectivity index is 2.34. The molecule has 1 N–H and O–H groups in total. The molecule has 0 spiro atoms. The van der Waals surface area contributed by atoms with Gasteiger partial charge >= 0.3 is 0 Å². The van der Waals surface area contributed by atoms with Gasteiger partial charge in [-0.2, -0.15) is 0 Å². The maximum Gasteiger partial charge on any atom is 0.261 e. The maximum atomic E-state index is 12.0. The van der Waals surface area contributed by atoms with E-state index in [1.807, 2.05) is 0 Å². The fourth-order valence-corrected chi connectivity index (χ4v) is 3.10. The van der Waals surface area contributed by atoms with E-state index in [2.05, 4.69) is 26.1 Å². The minimum Gasteiger partial charge on any atom is -0.375 e. The van der Waals surface area contributed by atoms with Crippen LogP contribution in [0.4, 0.5) is 8.78 Å². The van der Waals surface area contributed by atoms with Crippen molar-refractivity contribution >= 4 is 0 Å². The van der Waals surface area contributed by atoms with Gasteiger partial charge in [0.05, 0.1) is 0 Å². The molecule has 114 valence electrons. The Morgan fingerprint density at radius 1 is 1.21 bits per heavy atom. The highest BCUT2D eigenvalue weighted by molar-refractivity contribution is 4.83. The van der Waals surface area contributed by atoms with Crippen molar-refractivity contribution in [2.75, 3.05) is 19.8 Å². The van der Waals surface area contributed by atoms with Gasteiger partial charge in [-0.05, 0) is 43.6 Å². The first-order valence-corrected chi connectivity index (χ1v) is 7.63. The summed E-state index contributed by atoms with van der Waals surface area (Å²) in [5.41, 5.74) is 0. The van der Waals surface area contributed by atoms with Crippen molar-refractivity contribution in [1.29, 1.82) is 0 Å². The lowest BCUT2D eigenvalue weighted by Crippen LogP contribution is -2.40. The van der Waals surface area contributed by atoms with Crippen LogP contribution in [0, 0.1) is 17.8 Å². The quantitative estimate of drug-likeness (QED) is 0.683. The minimum absolute atomic E-state index is 0.414. The molecular formula is C15H29F2NO. The number of hydrogen-bond acceptors (Lipinski definition) is 2. The summed E-state index contributed by atoms with van der Waals surface area (Å²) in [7, 11) is 0. The van der Waals surface area contributed by atoms with Gasteiger partial charge in [0.25, 0.3) is 6.43 Å². The number of hydrogen-bond donors (Lipinski definition) is 1. The molecular weight excluding hydrogens is 248 g/mol. The van der Waals surface area contributed by atoms with Gasteiger partial charge in [0, 0.05) is 12.6 Å². The van der Waals surface area contributed by atoms with Crippen LogP contribution >= 0.6 is 0 Å². The molecule has 0 radical (unpaired) electrons. The largest absolute Gasteiger partial charge is 0.375 e. The topological polar surface area (TPSA) is 21.3 Å². The van der Waals surface area contributed by atoms with E-state index in [9.17, 15) is 8.78 Å². The summed E-state index contributed by atoms with van der Waals surface area (Å²) in [4.78, 5) is 0. The molecule has 0 bridgehead atoms. The average molecular weight is 277 g/mol. The molecule has 1 fully saturated rings. The number of nitrogens with one attached hydrogen (secondary N) is 1. The summed E-state index contributed by atoms with van der Waals surface area (Å²) in [6, 6.07) is 0.414. The van der Waals surface area contributed by atoms with Crippen LogP contribution in [0.25, 0.3) is 0 Å². The van der Waals surface area contributed by atoms with E-state index in [1.54, 1.807) is 0 Å². The molecule has 0 aliphatic heterocycles. The molecule has 1 aliphatic rings. The maximum absolute atomic E-state index is 12.0. The third-order valence-electron chi connectivity index (χ3n) is 4.49. The molecule has 4 unspecified atom stereocenters. The zero-order valence-corrected chi connectivity index (χ0v) is 12.5. The van der Waals surface area contributed by atoms with Crippen molar-refractivity contribution in [2.24, 2.45) is 17.8 Å². The van der Waals surface area contributed by atoms with E-state index in [0.29, 0.717) is 18.6 Å². The second kappa shape index (κ2) is 8.85. The minimum atomic E-state index is -2.35. The van der Waals surface area contributed by atoms with Crippen LogP contribution in [0.5, 0.6) is 0 Å². The molecule has 4 atom stereocenters. The third-order valence-corrected chi connectivity index (χ3v) is 4.49. The highest BCUT2D eigenvalue weighted by Gasteiger charge is 2.29. The predicted molar refractivity (Wildman–Crippen MR) is 74.6 cm³/mol. The summed E-state index contributed by atoms with van der Waals surface area (Å²) in [6.45, 7) is 7.68. The Hall–Kier alpha value is -0.220. The van der Waals surface area contributed by atoms with Crippen LogP contribution in [-0.2, 0) is 4.74 Å². The molecule has 0 aromatic heterocycles.